The van der Waals surface area contributed by atoms with Crippen LogP contribution in [0.3, 0.4) is 0 Å². The number of fused-ring (bicyclic) bond motifs is 1. The molecule has 2 aromatic rings. The van der Waals surface area contributed by atoms with Gasteiger partial charge < -0.3 is 20.4 Å². The Hall–Kier alpha value is -1.53. The molecule has 1 aliphatic rings. The van der Waals surface area contributed by atoms with Gasteiger partial charge in [-0.15, -0.1) is 11.3 Å². The number of amides is 1. The topological polar surface area (TPSA) is 106 Å². The van der Waals surface area contributed by atoms with E-state index < -0.39 is 11.8 Å². The minimum atomic E-state index is -0.632. The van der Waals surface area contributed by atoms with E-state index in [9.17, 15) is 9.59 Å². The number of carbonyl (C=O) groups excluding carboxylic acids is 2. The van der Waals surface area contributed by atoms with Crippen LogP contribution in [0.1, 0.15) is 37.7 Å². The number of hydrogen-bond donors (Lipinski definition) is 2. The van der Waals surface area contributed by atoms with Crippen LogP contribution in [0.25, 0.3) is 10.2 Å². The number of likely N-dealkylation sites (tertiary alicyclic amines) is 1. The Morgan fingerprint density at radius 3 is 2.69 bits per heavy atom. The summed E-state index contributed by atoms with van der Waals surface area (Å²) < 4.78 is 1.11. The van der Waals surface area contributed by atoms with Crippen molar-refractivity contribution in [2.75, 3.05) is 6.54 Å². The largest absolute Gasteiger partial charge is 0.471 e. The second-order valence-electron chi connectivity index (χ2n) is 7.35. The smallest absolute Gasteiger partial charge is 0.247 e. The van der Waals surface area contributed by atoms with Crippen LogP contribution in [0.5, 0.6) is 0 Å². The second-order valence-corrected chi connectivity index (χ2v) is 8.42. The van der Waals surface area contributed by atoms with Gasteiger partial charge in [0.05, 0.1) is 16.3 Å². The molecule has 9 heteroatoms. The van der Waals surface area contributed by atoms with Crippen LogP contribution in [0.15, 0.2) is 36.2 Å². The number of thiazole rings is 1. The molecule has 4 N–H and O–H groups in total. The molecule has 0 radical (unpaired) electrons. The van der Waals surface area contributed by atoms with Gasteiger partial charge in [-0.3, -0.25) is 4.79 Å². The van der Waals surface area contributed by atoms with Crippen molar-refractivity contribution in [2.45, 2.75) is 38.8 Å². The third-order valence-corrected chi connectivity index (χ3v) is 6.08. The molecule has 1 aliphatic heterocycles. The molecule has 0 aliphatic carbocycles. The van der Waals surface area contributed by atoms with Crippen LogP contribution in [-0.2, 0) is 9.59 Å². The maximum absolute atomic E-state index is 13.4. The van der Waals surface area contributed by atoms with Gasteiger partial charge in [0.1, 0.15) is 11.0 Å². The molecule has 3 rings (SSSR count). The van der Waals surface area contributed by atoms with Crippen molar-refractivity contribution in [1.29, 1.82) is 0 Å². The number of allylic oxidation sites excluding steroid dienone is 1. The Morgan fingerprint density at radius 1 is 1.38 bits per heavy atom. The summed E-state index contributed by atoms with van der Waals surface area (Å²) in [6.45, 7) is 7.77. The number of nitrogens with zero attached hydrogens (tertiary/aromatic N) is 3. The Kier molecular flexibility index (Phi) is 8.18. The van der Waals surface area contributed by atoms with Crippen LogP contribution in [0, 0.1) is 44.0 Å². The Bertz CT molecular complexity index is 880. The number of Topliss-reactive ketones (excluding diaryl/α,β-unsaturated/α-hetero) is 1. The van der Waals surface area contributed by atoms with Gasteiger partial charge in [-0.1, -0.05) is 31.7 Å². The molecule has 1 aromatic carbocycles. The zero-order chi connectivity index (χ0) is 20.4. The summed E-state index contributed by atoms with van der Waals surface area (Å²) in [7, 11) is 0. The molecular weight excluding hydrogens is 612 g/mol. The summed E-state index contributed by atoms with van der Waals surface area (Å²) in [5, 5.41) is 2.18. The predicted octanol–water partition coefficient (Wildman–Crippen LogP) is 2.36. The number of para-hydroxylation sites is 1. The first-order valence-electron chi connectivity index (χ1n) is 9.32. The average Bonchev–Trinajstić information content (AvgIpc) is 3.27. The van der Waals surface area contributed by atoms with Crippen molar-refractivity contribution >= 4 is 33.2 Å². The number of ketones is 1. The first kappa shape index (κ1) is 23.7. The van der Waals surface area contributed by atoms with Crippen molar-refractivity contribution in [1.82, 2.24) is 14.9 Å². The van der Waals surface area contributed by atoms with Crippen LogP contribution < -0.4 is 11.6 Å². The molecular formula is C20H26N5O2SU-. The fraction of sp³-hybridized carbons (Fsp3) is 0.400. The second kappa shape index (κ2) is 9.99. The molecule has 2 unspecified atom stereocenters. The van der Waals surface area contributed by atoms with E-state index in [0.717, 1.165) is 28.1 Å². The van der Waals surface area contributed by atoms with Gasteiger partial charge in [0, 0.05) is 43.4 Å². The fourth-order valence-corrected chi connectivity index (χ4v) is 4.67. The number of hydrazine groups is 1. The quantitative estimate of drug-likeness (QED) is 0.218. The standard InChI is InChI=1S/C20H26N5O2S.U/c1-12(2)18(25(22)11-14(21)13(3)26)20(27)24-10-6-8-16(24)19-23-15-7-4-5-9-17(15)28-19;/h4-5,7,9,11-12,16,18H,3,6,8,10,21-22H2,1-2H3;/q-1;/b14-11-;. The number of rotatable bonds is 6. The van der Waals surface area contributed by atoms with E-state index in [1.807, 2.05) is 43.0 Å². The Balaban J connectivity index is 0.00000300. The van der Waals surface area contributed by atoms with Crippen molar-refractivity contribution in [3.8, 4) is 0 Å². The third kappa shape index (κ3) is 5.15. The van der Waals surface area contributed by atoms with E-state index >= 15 is 0 Å². The van der Waals surface area contributed by atoms with E-state index in [1.165, 1.54) is 11.2 Å². The third-order valence-electron chi connectivity index (χ3n) is 4.95. The van der Waals surface area contributed by atoms with Crippen molar-refractivity contribution < 1.29 is 40.7 Å². The molecule has 2 atom stereocenters. The molecule has 0 bridgehead atoms. The van der Waals surface area contributed by atoms with Crippen molar-refractivity contribution in [3.05, 3.63) is 48.1 Å². The molecule has 1 aromatic heterocycles. The van der Waals surface area contributed by atoms with Crippen LogP contribution in [0.4, 0.5) is 0 Å². The first-order chi connectivity index (χ1) is 13.3. The summed E-state index contributed by atoms with van der Waals surface area (Å²) in [6, 6.07) is 7.29. The maximum Gasteiger partial charge on any atom is 0.247 e. The molecule has 29 heavy (non-hydrogen) atoms. The van der Waals surface area contributed by atoms with Crippen LogP contribution >= 0.6 is 11.3 Å². The molecule has 0 spiro atoms. The number of aromatic nitrogens is 1. The van der Waals surface area contributed by atoms with Gasteiger partial charge in [0.2, 0.25) is 5.91 Å². The fourth-order valence-electron chi connectivity index (χ4n) is 3.56. The average molecular weight is 639 g/mol. The van der Waals surface area contributed by atoms with E-state index in [1.54, 1.807) is 11.3 Å². The molecule has 7 nitrogen and oxygen atoms in total. The number of nitrogens with two attached hydrogens (primary N) is 2. The summed E-state index contributed by atoms with van der Waals surface area (Å²) in [6.07, 6.45) is 3.08. The molecule has 1 amide bonds. The van der Waals surface area contributed by atoms with Gasteiger partial charge in [-0.05, 0) is 37.1 Å². The van der Waals surface area contributed by atoms with Crippen molar-refractivity contribution in [3.63, 3.8) is 0 Å². The normalized spacial score (nSPS) is 18.0. The first-order valence-corrected chi connectivity index (χ1v) is 10.1. The summed E-state index contributed by atoms with van der Waals surface area (Å²) in [5.41, 5.74) is 6.54. The molecule has 2 heterocycles. The Labute approximate surface area is 198 Å². The van der Waals surface area contributed by atoms with E-state index in [4.69, 9.17) is 16.6 Å². The Morgan fingerprint density at radius 2 is 2.07 bits per heavy atom. The van der Waals surface area contributed by atoms with Crippen LogP contribution in [0.2, 0.25) is 0 Å². The summed E-state index contributed by atoms with van der Waals surface area (Å²) in [5.74, 6) is 5.42. The van der Waals surface area contributed by atoms with Gasteiger partial charge >= 0.3 is 0 Å². The van der Waals surface area contributed by atoms with E-state index in [0.29, 0.717) is 6.54 Å². The maximum atomic E-state index is 13.4. The molecule has 154 valence electrons. The predicted molar refractivity (Wildman–Crippen MR) is 111 cm³/mol. The minimum Gasteiger partial charge on any atom is -0.471 e. The van der Waals surface area contributed by atoms with E-state index in [-0.39, 0.29) is 54.7 Å². The number of carbonyl (C=O) groups is 2. The summed E-state index contributed by atoms with van der Waals surface area (Å²) in [4.78, 5) is 31.3. The van der Waals surface area contributed by atoms with Gasteiger partial charge in [-0.25, -0.2) is 10.8 Å². The van der Waals surface area contributed by atoms with Gasteiger partial charge in [-0.2, -0.15) is 6.92 Å². The number of benzene rings is 1. The zero-order valence-corrected chi connectivity index (χ0v) is 21.6. The van der Waals surface area contributed by atoms with Gasteiger partial charge in [0.15, 0.2) is 0 Å². The van der Waals surface area contributed by atoms with Crippen LogP contribution in [-0.4, -0.2) is 39.2 Å². The van der Waals surface area contributed by atoms with E-state index in [2.05, 4.69) is 6.92 Å². The SMILES string of the molecule is [CH2-]C(=O)/C(N)=C/N(N)C(C(=O)N1CCCC1c1nc2ccccc2s1)C(C)C.[U]. The minimum absolute atomic E-state index is 0. The molecule has 0 saturated carbocycles. The monoisotopic (exact) mass is 638 g/mol. The molecule has 1 fully saturated rings. The zero-order valence-electron chi connectivity index (χ0n) is 16.7. The van der Waals surface area contributed by atoms with Crippen molar-refractivity contribution in [2.24, 2.45) is 17.5 Å². The summed E-state index contributed by atoms with van der Waals surface area (Å²) >= 11 is 1.62. The molecule has 1 saturated heterocycles. The van der Waals surface area contributed by atoms with Gasteiger partial charge in [0.25, 0.3) is 0 Å². The number of hydrogen-bond acceptors (Lipinski definition) is 7.